The van der Waals surface area contributed by atoms with Crippen LogP contribution in [0, 0.1) is 19.7 Å². The minimum Gasteiger partial charge on any atom is -0.335 e. The van der Waals surface area contributed by atoms with Crippen LogP contribution in [0.5, 0.6) is 0 Å². The van der Waals surface area contributed by atoms with Gasteiger partial charge in [0.25, 0.3) is 17.6 Å². The summed E-state index contributed by atoms with van der Waals surface area (Å²) < 4.78 is 14.9. The molecule has 3 heterocycles. The molecule has 1 saturated heterocycles. The Bertz CT molecular complexity index is 1070. The Hall–Kier alpha value is -3.36. The summed E-state index contributed by atoms with van der Waals surface area (Å²) in [7, 11) is 0. The van der Waals surface area contributed by atoms with Gasteiger partial charge < -0.3 is 9.80 Å². The van der Waals surface area contributed by atoms with E-state index in [1.54, 1.807) is 20.4 Å². The molecule has 9 heteroatoms. The third-order valence-electron chi connectivity index (χ3n) is 4.74. The highest BCUT2D eigenvalue weighted by Gasteiger charge is 2.28. The zero-order valence-electron chi connectivity index (χ0n) is 15.6. The lowest BCUT2D eigenvalue weighted by molar-refractivity contribution is 0.0529. The quantitative estimate of drug-likeness (QED) is 0.670. The fourth-order valence-electron chi connectivity index (χ4n) is 3.32. The molecule has 144 valence electrons. The minimum absolute atomic E-state index is 0.0890. The summed E-state index contributed by atoms with van der Waals surface area (Å²) in [6.07, 6.45) is 0. The van der Waals surface area contributed by atoms with Crippen LogP contribution in [0.25, 0.3) is 5.78 Å². The summed E-state index contributed by atoms with van der Waals surface area (Å²) in [6, 6.07) is 7.48. The molecule has 0 N–H and O–H groups in total. The van der Waals surface area contributed by atoms with Crippen molar-refractivity contribution >= 4 is 17.6 Å². The number of carbonyl (C=O) groups excluding carboxylic acids is 2. The number of amides is 2. The number of carbonyl (C=O) groups is 2. The summed E-state index contributed by atoms with van der Waals surface area (Å²) in [5, 5.41) is 4.27. The van der Waals surface area contributed by atoms with Crippen molar-refractivity contribution in [3.8, 4) is 0 Å². The van der Waals surface area contributed by atoms with Crippen LogP contribution < -0.4 is 0 Å². The summed E-state index contributed by atoms with van der Waals surface area (Å²) in [4.78, 5) is 37.0. The highest BCUT2D eigenvalue weighted by Crippen LogP contribution is 2.13. The first-order valence-corrected chi connectivity index (χ1v) is 8.97. The number of hydrogen-bond acceptors (Lipinski definition) is 5. The van der Waals surface area contributed by atoms with Gasteiger partial charge in [0.2, 0.25) is 5.82 Å². The molecule has 1 aliphatic heterocycles. The lowest BCUT2D eigenvalue weighted by Crippen LogP contribution is -2.50. The largest absolute Gasteiger partial charge is 0.335 e. The SMILES string of the molecule is Cc1cc(C)n2nc(C(=O)N3CCN(C(=O)c4cccc(F)c4)CC3)nc2n1. The van der Waals surface area contributed by atoms with E-state index in [9.17, 15) is 14.0 Å². The van der Waals surface area contributed by atoms with Crippen LogP contribution in [0.15, 0.2) is 30.3 Å². The number of fused-ring (bicyclic) bond motifs is 1. The fraction of sp³-hybridized carbons (Fsp3) is 0.316. The molecule has 0 unspecified atom stereocenters. The van der Waals surface area contributed by atoms with Crippen molar-refractivity contribution in [3.63, 3.8) is 0 Å². The van der Waals surface area contributed by atoms with E-state index >= 15 is 0 Å². The second-order valence-corrected chi connectivity index (χ2v) is 6.78. The van der Waals surface area contributed by atoms with Gasteiger partial charge in [-0.2, -0.15) is 4.98 Å². The van der Waals surface area contributed by atoms with E-state index in [1.165, 1.54) is 18.2 Å². The van der Waals surface area contributed by atoms with E-state index in [4.69, 9.17) is 0 Å². The molecule has 1 fully saturated rings. The number of piperazine rings is 1. The van der Waals surface area contributed by atoms with Crippen molar-refractivity contribution in [1.29, 1.82) is 0 Å². The van der Waals surface area contributed by atoms with Gasteiger partial charge >= 0.3 is 0 Å². The van der Waals surface area contributed by atoms with Gasteiger partial charge in [-0.3, -0.25) is 9.59 Å². The molecule has 2 amide bonds. The average Bonchev–Trinajstić information content (AvgIpc) is 3.11. The number of rotatable bonds is 2. The molecule has 0 radical (unpaired) electrons. The van der Waals surface area contributed by atoms with Gasteiger partial charge in [-0.05, 0) is 38.1 Å². The van der Waals surface area contributed by atoms with Gasteiger partial charge in [0.05, 0.1) is 0 Å². The molecule has 0 saturated carbocycles. The Morgan fingerprint density at radius 3 is 2.32 bits per heavy atom. The summed E-state index contributed by atoms with van der Waals surface area (Å²) in [5.41, 5.74) is 1.96. The molecule has 0 atom stereocenters. The van der Waals surface area contributed by atoms with Crippen molar-refractivity contribution in [1.82, 2.24) is 29.4 Å². The molecule has 8 nitrogen and oxygen atoms in total. The van der Waals surface area contributed by atoms with E-state index in [-0.39, 0.29) is 17.6 Å². The molecule has 4 rings (SSSR count). The normalized spacial score (nSPS) is 14.5. The van der Waals surface area contributed by atoms with Crippen LogP contribution in [-0.2, 0) is 0 Å². The fourth-order valence-corrected chi connectivity index (χ4v) is 3.32. The van der Waals surface area contributed by atoms with E-state index < -0.39 is 5.82 Å². The van der Waals surface area contributed by atoms with E-state index in [2.05, 4.69) is 15.1 Å². The van der Waals surface area contributed by atoms with Crippen LogP contribution >= 0.6 is 0 Å². The monoisotopic (exact) mass is 382 g/mol. The van der Waals surface area contributed by atoms with Crippen molar-refractivity contribution in [2.24, 2.45) is 0 Å². The molecule has 1 aliphatic rings. The summed E-state index contributed by atoms with van der Waals surface area (Å²) in [6.45, 7) is 5.19. The molecule has 28 heavy (non-hydrogen) atoms. The third kappa shape index (κ3) is 3.30. The predicted octanol–water partition coefficient (Wildman–Crippen LogP) is 1.48. The van der Waals surface area contributed by atoms with E-state index in [0.717, 1.165) is 11.4 Å². The first-order chi connectivity index (χ1) is 13.4. The average molecular weight is 382 g/mol. The van der Waals surface area contributed by atoms with Crippen molar-refractivity contribution < 1.29 is 14.0 Å². The van der Waals surface area contributed by atoms with E-state index in [0.29, 0.717) is 37.5 Å². The maximum absolute atomic E-state index is 13.3. The highest BCUT2D eigenvalue weighted by atomic mass is 19.1. The zero-order chi connectivity index (χ0) is 19.8. The zero-order valence-corrected chi connectivity index (χ0v) is 15.6. The first-order valence-electron chi connectivity index (χ1n) is 8.97. The molecular formula is C19H19FN6O2. The smallest absolute Gasteiger partial charge is 0.293 e. The highest BCUT2D eigenvalue weighted by molar-refractivity contribution is 5.95. The Kier molecular flexibility index (Phi) is 4.50. The molecule has 1 aromatic carbocycles. The molecule has 3 aromatic rings. The topological polar surface area (TPSA) is 83.7 Å². The molecule has 0 spiro atoms. The van der Waals surface area contributed by atoms with Crippen molar-refractivity contribution in [2.45, 2.75) is 13.8 Å². The number of aromatic nitrogens is 4. The molecular weight excluding hydrogens is 363 g/mol. The summed E-state index contributed by atoms with van der Waals surface area (Å²) in [5.74, 6) is -0.503. The van der Waals surface area contributed by atoms with Crippen LogP contribution in [0.3, 0.4) is 0 Å². The summed E-state index contributed by atoms with van der Waals surface area (Å²) >= 11 is 0. The van der Waals surface area contributed by atoms with Gasteiger partial charge in [-0.1, -0.05) is 6.07 Å². The number of halogens is 1. The Labute approximate surface area is 160 Å². The Morgan fingerprint density at radius 2 is 1.64 bits per heavy atom. The second-order valence-electron chi connectivity index (χ2n) is 6.78. The molecule has 0 aliphatic carbocycles. The van der Waals surface area contributed by atoms with Crippen molar-refractivity contribution in [2.75, 3.05) is 26.2 Å². The first kappa shape index (κ1) is 18.0. The van der Waals surface area contributed by atoms with Crippen molar-refractivity contribution in [3.05, 3.63) is 58.9 Å². The maximum atomic E-state index is 13.3. The van der Waals surface area contributed by atoms with Gasteiger partial charge in [0.1, 0.15) is 5.82 Å². The molecule has 2 aromatic heterocycles. The van der Waals surface area contributed by atoms with Gasteiger partial charge in [0.15, 0.2) is 0 Å². The lowest BCUT2D eigenvalue weighted by atomic mass is 10.1. The second kappa shape index (κ2) is 6.99. The predicted molar refractivity (Wildman–Crippen MR) is 98.5 cm³/mol. The third-order valence-corrected chi connectivity index (χ3v) is 4.74. The minimum atomic E-state index is -0.447. The van der Waals surface area contributed by atoms with Crippen LogP contribution in [0.2, 0.25) is 0 Å². The lowest BCUT2D eigenvalue weighted by Gasteiger charge is -2.34. The van der Waals surface area contributed by atoms with E-state index in [1.807, 2.05) is 19.9 Å². The van der Waals surface area contributed by atoms with Gasteiger partial charge in [0, 0.05) is 43.1 Å². The number of benzene rings is 1. The maximum Gasteiger partial charge on any atom is 0.293 e. The van der Waals surface area contributed by atoms with Gasteiger partial charge in [-0.15, -0.1) is 5.10 Å². The Morgan fingerprint density at radius 1 is 0.964 bits per heavy atom. The number of hydrogen-bond donors (Lipinski definition) is 0. The van der Waals surface area contributed by atoms with Crippen LogP contribution in [0.1, 0.15) is 32.4 Å². The standard InChI is InChI=1S/C19H19FN6O2/c1-12-10-13(2)26-19(21-12)22-16(23-26)18(28)25-8-6-24(7-9-25)17(27)14-4-3-5-15(20)11-14/h3-5,10-11H,6-9H2,1-2H3. The van der Waals surface area contributed by atoms with Gasteiger partial charge in [-0.25, -0.2) is 13.9 Å². The van der Waals surface area contributed by atoms with Crippen LogP contribution in [0.4, 0.5) is 4.39 Å². The number of nitrogens with zero attached hydrogens (tertiary/aromatic N) is 6. The Balaban J connectivity index is 1.45. The molecule has 0 bridgehead atoms. The number of aryl methyl sites for hydroxylation is 2. The van der Waals surface area contributed by atoms with Crippen LogP contribution in [-0.4, -0.2) is 67.4 Å².